The molecule has 1 aromatic carbocycles. The predicted molar refractivity (Wildman–Crippen MR) is 68.7 cm³/mol. The monoisotopic (exact) mass is 250 g/mol. The smallest absolute Gasteiger partial charge is 0.204 e. The summed E-state index contributed by atoms with van der Waals surface area (Å²) in [6.45, 7) is 3.84. The van der Waals surface area contributed by atoms with Crippen LogP contribution in [0.2, 0.25) is 5.02 Å². The fourth-order valence-corrected chi connectivity index (χ4v) is 2.77. The molecule has 0 unspecified atom stereocenters. The number of halogens is 1. The SMILES string of the molecule is Cc1ccccc1C(=O)c1scc(C)c1Cl. The second-order valence-corrected chi connectivity index (χ2v) is 4.96. The fourth-order valence-electron chi connectivity index (χ4n) is 1.53. The van der Waals surface area contributed by atoms with Crippen LogP contribution in [0.1, 0.15) is 26.4 Å². The molecule has 1 heterocycles. The third-order valence-corrected chi connectivity index (χ3v) is 4.19. The van der Waals surface area contributed by atoms with E-state index in [0.29, 0.717) is 9.90 Å². The Labute approximate surface area is 104 Å². The summed E-state index contributed by atoms with van der Waals surface area (Å²) in [4.78, 5) is 12.9. The van der Waals surface area contributed by atoms with E-state index in [4.69, 9.17) is 11.6 Å². The Morgan fingerprint density at radius 1 is 1.19 bits per heavy atom. The Kier molecular flexibility index (Phi) is 3.13. The molecule has 1 aromatic heterocycles. The van der Waals surface area contributed by atoms with Crippen LogP contribution < -0.4 is 0 Å². The van der Waals surface area contributed by atoms with Crippen molar-refractivity contribution < 1.29 is 4.79 Å². The summed E-state index contributed by atoms with van der Waals surface area (Å²) < 4.78 is 0. The summed E-state index contributed by atoms with van der Waals surface area (Å²) in [7, 11) is 0. The highest BCUT2D eigenvalue weighted by molar-refractivity contribution is 7.13. The molecular formula is C13H11ClOS. The van der Waals surface area contributed by atoms with Crippen LogP contribution in [-0.4, -0.2) is 5.78 Å². The lowest BCUT2D eigenvalue weighted by molar-refractivity contribution is 0.104. The van der Waals surface area contributed by atoms with Gasteiger partial charge >= 0.3 is 0 Å². The van der Waals surface area contributed by atoms with E-state index in [0.717, 1.165) is 16.7 Å². The van der Waals surface area contributed by atoms with E-state index < -0.39 is 0 Å². The molecule has 0 amide bonds. The average molecular weight is 251 g/mol. The molecular weight excluding hydrogens is 240 g/mol. The fraction of sp³-hybridized carbons (Fsp3) is 0.154. The van der Waals surface area contributed by atoms with Crippen molar-refractivity contribution >= 4 is 28.7 Å². The summed E-state index contributed by atoms with van der Waals surface area (Å²) in [5, 5.41) is 2.49. The minimum atomic E-state index is 0.0150. The molecule has 0 bridgehead atoms. The molecule has 0 atom stereocenters. The van der Waals surface area contributed by atoms with Crippen LogP contribution in [0.3, 0.4) is 0 Å². The van der Waals surface area contributed by atoms with Gasteiger partial charge in [-0.2, -0.15) is 0 Å². The standard InChI is InChI=1S/C13H11ClOS/c1-8-5-3-4-6-10(8)12(15)13-11(14)9(2)7-16-13/h3-7H,1-2H3. The molecule has 2 aromatic rings. The molecule has 0 aliphatic rings. The van der Waals surface area contributed by atoms with E-state index in [9.17, 15) is 4.79 Å². The van der Waals surface area contributed by atoms with Gasteiger partial charge in [0.05, 0.1) is 9.90 Å². The lowest BCUT2D eigenvalue weighted by atomic mass is 10.0. The van der Waals surface area contributed by atoms with Gasteiger partial charge in [0.1, 0.15) is 0 Å². The summed E-state index contributed by atoms with van der Waals surface area (Å²) in [6, 6.07) is 7.56. The van der Waals surface area contributed by atoms with Crippen molar-refractivity contribution in [3.8, 4) is 0 Å². The van der Waals surface area contributed by atoms with Gasteiger partial charge in [-0.3, -0.25) is 4.79 Å². The van der Waals surface area contributed by atoms with Gasteiger partial charge in [-0.1, -0.05) is 35.9 Å². The first-order valence-electron chi connectivity index (χ1n) is 4.95. The first kappa shape index (κ1) is 11.4. The summed E-state index contributed by atoms with van der Waals surface area (Å²) in [6.07, 6.45) is 0. The van der Waals surface area contributed by atoms with Crippen LogP contribution >= 0.6 is 22.9 Å². The van der Waals surface area contributed by atoms with E-state index in [-0.39, 0.29) is 5.78 Å². The molecule has 0 N–H and O–H groups in total. The van der Waals surface area contributed by atoms with Crippen molar-refractivity contribution in [3.63, 3.8) is 0 Å². The van der Waals surface area contributed by atoms with Gasteiger partial charge in [-0.25, -0.2) is 0 Å². The molecule has 0 spiro atoms. The number of thiophene rings is 1. The molecule has 82 valence electrons. The lowest BCUT2D eigenvalue weighted by Crippen LogP contribution is -2.01. The average Bonchev–Trinajstić information content (AvgIpc) is 2.60. The third kappa shape index (κ3) is 1.91. The zero-order valence-electron chi connectivity index (χ0n) is 9.08. The van der Waals surface area contributed by atoms with Crippen LogP contribution in [0.15, 0.2) is 29.6 Å². The lowest BCUT2D eigenvalue weighted by Gasteiger charge is -2.03. The predicted octanol–water partition coefficient (Wildman–Crippen LogP) is 4.25. The van der Waals surface area contributed by atoms with Gasteiger partial charge in [0.25, 0.3) is 0 Å². The van der Waals surface area contributed by atoms with Crippen LogP contribution in [0, 0.1) is 13.8 Å². The van der Waals surface area contributed by atoms with Crippen LogP contribution in [-0.2, 0) is 0 Å². The quantitative estimate of drug-likeness (QED) is 0.729. The summed E-state index contributed by atoms with van der Waals surface area (Å²) >= 11 is 7.50. The van der Waals surface area contributed by atoms with Crippen molar-refractivity contribution in [2.75, 3.05) is 0 Å². The van der Waals surface area contributed by atoms with Crippen molar-refractivity contribution in [2.24, 2.45) is 0 Å². The molecule has 16 heavy (non-hydrogen) atoms. The van der Waals surface area contributed by atoms with E-state index in [2.05, 4.69) is 0 Å². The summed E-state index contributed by atoms with van der Waals surface area (Å²) in [5.74, 6) is 0.0150. The number of carbonyl (C=O) groups excluding carboxylic acids is 1. The Morgan fingerprint density at radius 2 is 1.88 bits per heavy atom. The maximum atomic E-state index is 12.2. The van der Waals surface area contributed by atoms with Crippen LogP contribution in [0.25, 0.3) is 0 Å². The molecule has 3 heteroatoms. The first-order valence-corrected chi connectivity index (χ1v) is 6.21. The maximum absolute atomic E-state index is 12.2. The molecule has 0 fully saturated rings. The first-order chi connectivity index (χ1) is 7.61. The zero-order valence-corrected chi connectivity index (χ0v) is 10.7. The highest BCUT2D eigenvalue weighted by Gasteiger charge is 2.17. The normalized spacial score (nSPS) is 10.4. The Hall–Kier alpha value is -1.12. The second-order valence-electron chi connectivity index (χ2n) is 3.71. The van der Waals surface area contributed by atoms with Gasteiger partial charge in [0, 0.05) is 5.56 Å². The Balaban J connectivity index is 2.48. The number of aryl methyl sites for hydroxylation is 2. The van der Waals surface area contributed by atoms with Gasteiger partial charge in [0.15, 0.2) is 0 Å². The minimum Gasteiger partial charge on any atom is -0.288 e. The number of rotatable bonds is 2. The molecule has 0 aliphatic carbocycles. The number of carbonyl (C=O) groups is 1. The van der Waals surface area contributed by atoms with E-state index >= 15 is 0 Å². The van der Waals surface area contributed by atoms with Crippen molar-refractivity contribution in [1.29, 1.82) is 0 Å². The summed E-state index contributed by atoms with van der Waals surface area (Å²) in [5.41, 5.74) is 2.67. The van der Waals surface area contributed by atoms with Crippen molar-refractivity contribution in [1.82, 2.24) is 0 Å². The number of hydrogen-bond donors (Lipinski definition) is 0. The van der Waals surface area contributed by atoms with Gasteiger partial charge in [0.2, 0.25) is 5.78 Å². The minimum absolute atomic E-state index is 0.0150. The molecule has 0 aliphatic heterocycles. The molecule has 1 nitrogen and oxygen atoms in total. The van der Waals surface area contributed by atoms with Gasteiger partial charge in [-0.05, 0) is 30.4 Å². The Morgan fingerprint density at radius 3 is 2.44 bits per heavy atom. The highest BCUT2D eigenvalue weighted by atomic mass is 35.5. The number of benzene rings is 1. The van der Waals surface area contributed by atoms with E-state index in [1.165, 1.54) is 11.3 Å². The van der Waals surface area contributed by atoms with E-state index in [1.54, 1.807) is 0 Å². The van der Waals surface area contributed by atoms with Crippen LogP contribution in [0.5, 0.6) is 0 Å². The number of ketones is 1. The molecule has 0 radical (unpaired) electrons. The topological polar surface area (TPSA) is 17.1 Å². The molecule has 0 saturated carbocycles. The second kappa shape index (κ2) is 4.40. The Bertz CT molecular complexity index is 543. The van der Waals surface area contributed by atoms with Gasteiger partial charge < -0.3 is 0 Å². The molecule has 2 rings (SSSR count). The molecule has 0 saturated heterocycles. The maximum Gasteiger partial charge on any atom is 0.204 e. The number of hydrogen-bond acceptors (Lipinski definition) is 2. The third-order valence-electron chi connectivity index (χ3n) is 2.50. The largest absolute Gasteiger partial charge is 0.288 e. The van der Waals surface area contributed by atoms with Crippen LogP contribution in [0.4, 0.5) is 0 Å². The van der Waals surface area contributed by atoms with Crippen molar-refractivity contribution in [3.05, 3.63) is 56.2 Å². The van der Waals surface area contributed by atoms with E-state index in [1.807, 2.05) is 43.5 Å². The highest BCUT2D eigenvalue weighted by Crippen LogP contribution is 2.29. The van der Waals surface area contributed by atoms with Crippen molar-refractivity contribution in [2.45, 2.75) is 13.8 Å². The van der Waals surface area contributed by atoms with Gasteiger partial charge in [-0.15, -0.1) is 11.3 Å². The zero-order chi connectivity index (χ0) is 11.7.